The molecule has 7 heteroatoms. The maximum atomic E-state index is 13.4. The van der Waals surface area contributed by atoms with Gasteiger partial charge in [0.2, 0.25) is 5.95 Å². The average Bonchev–Trinajstić information content (AvgIpc) is 3.20. The molecule has 1 saturated carbocycles. The number of aromatic nitrogens is 3. The van der Waals surface area contributed by atoms with Gasteiger partial charge in [0.1, 0.15) is 11.6 Å². The van der Waals surface area contributed by atoms with Crippen LogP contribution in [0, 0.1) is 5.82 Å². The molecular weight excluding hydrogens is 403 g/mol. The summed E-state index contributed by atoms with van der Waals surface area (Å²) in [7, 11) is 4.03. The minimum absolute atomic E-state index is 0.210. The maximum absolute atomic E-state index is 13.4. The Bertz CT molecular complexity index is 1230. The van der Waals surface area contributed by atoms with Crippen LogP contribution in [0.5, 0.6) is 0 Å². The number of fused-ring (bicyclic) bond motifs is 2. The van der Waals surface area contributed by atoms with Gasteiger partial charge in [-0.3, -0.25) is 0 Å². The van der Waals surface area contributed by atoms with E-state index in [1.165, 1.54) is 11.6 Å². The second-order valence-corrected chi connectivity index (χ2v) is 8.86. The van der Waals surface area contributed by atoms with Crippen molar-refractivity contribution in [1.82, 2.24) is 20.3 Å². The summed E-state index contributed by atoms with van der Waals surface area (Å²) in [4.78, 5) is 14.7. The molecule has 1 aliphatic carbocycles. The second-order valence-electron chi connectivity index (χ2n) is 8.86. The molecule has 0 aliphatic heterocycles. The molecule has 4 aromatic rings. The quantitative estimate of drug-likeness (QED) is 0.407. The molecule has 0 unspecified atom stereocenters. The van der Waals surface area contributed by atoms with E-state index in [1.807, 2.05) is 49.5 Å². The standard InChI is InChI=1S/C25H29FN6/c1-32(2)24-21-5-3-4-6-22(21)30-25(31-24)29-19-10-8-18(9-11-19)27-14-16-15-28-23-13-17(26)7-12-20(16)23/h3-7,12-13,15,18-19,27-28H,8-11,14H2,1-2H3,(H,29,30,31). The SMILES string of the molecule is CN(C)c1nc(NC2CCC(NCc3c[nH]c4cc(F)ccc34)CC2)nc2ccccc12. The number of halogens is 1. The summed E-state index contributed by atoms with van der Waals surface area (Å²) in [6, 6.07) is 13.9. The molecule has 2 aromatic heterocycles. The van der Waals surface area contributed by atoms with E-state index in [2.05, 4.69) is 21.7 Å². The van der Waals surface area contributed by atoms with Crippen molar-refractivity contribution in [2.24, 2.45) is 0 Å². The number of aromatic amines is 1. The van der Waals surface area contributed by atoms with Crippen LogP contribution in [-0.4, -0.2) is 41.1 Å². The summed E-state index contributed by atoms with van der Waals surface area (Å²) >= 11 is 0. The lowest BCUT2D eigenvalue weighted by molar-refractivity contribution is 0.352. The second kappa shape index (κ2) is 8.74. The van der Waals surface area contributed by atoms with E-state index < -0.39 is 0 Å². The minimum atomic E-state index is -0.210. The van der Waals surface area contributed by atoms with Crippen LogP contribution in [0.1, 0.15) is 31.2 Å². The van der Waals surface area contributed by atoms with Crippen molar-refractivity contribution in [3.05, 3.63) is 60.0 Å². The summed E-state index contributed by atoms with van der Waals surface area (Å²) < 4.78 is 13.4. The molecule has 0 saturated heterocycles. The molecule has 0 bridgehead atoms. The van der Waals surface area contributed by atoms with Crippen LogP contribution in [0.15, 0.2) is 48.7 Å². The van der Waals surface area contributed by atoms with Crippen molar-refractivity contribution < 1.29 is 4.39 Å². The van der Waals surface area contributed by atoms with E-state index >= 15 is 0 Å². The van der Waals surface area contributed by atoms with Gasteiger partial charge in [-0.15, -0.1) is 0 Å². The lowest BCUT2D eigenvalue weighted by Crippen LogP contribution is -2.36. The Morgan fingerprint density at radius 1 is 1.00 bits per heavy atom. The highest BCUT2D eigenvalue weighted by Gasteiger charge is 2.22. The highest BCUT2D eigenvalue weighted by atomic mass is 19.1. The molecule has 0 spiro atoms. The fraction of sp³-hybridized carbons (Fsp3) is 0.360. The number of H-pyrrole nitrogens is 1. The first-order valence-corrected chi connectivity index (χ1v) is 11.3. The fourth-order valence-electron chi connectivity index (χ4n) is 4.65. The van der Waals surface area contributed by atoms with Crippen LogP contribution in [-0.2, 0) is 6.54 Å². The summed E-state index contributed by atoms with van der Waals surface area (Å²) in [5, 5.41) is 9.40. The molecule has 1 fully saturated rings. The van der Waals surface area contributed by atoms with Crippen molar-refractivity contribution in [2.75, 3.05) is 24.3 Å². The van der Waals surface area contributed by atoms with Crippen molar-refractivity contribution in [1.29, 1.82) is 0 Å². The number of benzene rings is 2. The molecule has 0 atom stereocenters. The van der Waals surface area contributed by atoms with E-state index in [9.17, 15) is 4.39 Å². The fourth-order valence-corrected chi connectivity index (χ4v) is 4.65. The van der Waals surface area contributed by atoms with Gasteiger partial charge in [0, 0.05) is 55.2 Å². The van der Waals surface area contributed by atoms with Crippen LogP contribution in [0.3, 0.4) is 0 Å². The Kier molecular flexibility index (Phi) is 5.66. The molecule has 32 heavy (non-hydrogen) atoms. The largest absolute Gasteiger partial charge is 0.362 e. The molecule has 2 aromatic carbocycles. The van der Waals surface area contributed by atoms with Crippen molar-refractivity contribution >= 4 is 33.6 Å². The topological polar surface area (TPSA) is 68.9 Å². The van der Waals surface area contributed by atoms with E-state index in [4.69, 9.17) is 9.97 Å². The van der Waals surface area contributed by atoms with Gasteiger partial charge in [0.05, 0.1) is 5.52 Å². The average molecular weight is 433 g/mol. The first-order valence-electron chi connectivity index (χ1n) is 11.3. The smallest absolute Gasteiger partial charge is 0.225 e. The van der Waals surface area contributed by atoms with Crippen LogP contribution in [0.25, 0.3) is 21.8 Å². The van der Waals surface area contributed by atoms with Gasteiger partial charge in [-0.05, 0) is 61.6 Å². The molecule has 1 aliphatic rings. The van der Waals surface area contributed by atoms with Crippen LogP contribution in [0.2, 0.25) is 0 Å². The predicted molar refractivity (Wildman–Crippen MR) is 129 cm³/mol. The molecule has 166 valence electrons. The maximum Gasteiger partial charge on any atom is 0.225 e. The molecule has 2 heterocycles. The van der Waals surface area contributed by atoms with Gasteiger partial charge < -0.3 is 20.5 Å². The molecule has 0 radical (unpaired) electrons. The number of rotatable bonds is 6. The van der Waals surface area contributed by atoms with Crippen molar-refractivity contribution in [3.8, 4) is 0 Å². The Balaban J connectivity index is 1.19. The van der Waals surface area contributed by atoms with E-state index in [0.717, 1.165) is 59.9 Å². The predicted octanol–water partition coefficient (Wildman–Crippen LogP) is 4.83. The van der Waals surface area contributed by atoms with Gasteiger partial charge in [-0.25, -0.2) is 9.37 Å². The van der Waals surface area contributed by atoms with Crippen LogP contribution in [0.4, 0.5) is 16.2 Å². The van der Waals surface area contributed by atoms with E-state index in [-0.39, 0.29) is 5.82 Å². The zero-order valence-corrected chi connectivity index (χ0v) is 18.5. The Morgan fingerprint density at radius 2 is 1.78 bits per heavy atom. The monoisotopic (exact) mass is 432 g/mol. The van der Waals surface area contributed by atoms with Crippen molar-refractivity contribution in [3.63, 3.8) is 0 Å². The zero-order chi connectivity index (χ0) is 22.1. The Morgan fingerprint density at radius 3 is 2.59 bits per heavy atom. The first kappa shape index (κ1) is 20.7. The number of nitrogens with zero attached hydrogens (tertiary/aromatic N) is 3. The first-order chi connectivity index (χ1) is 15.6. The van der Waals surface area contributed by atoms with E-state index in [0.29, 0.717) is 18.0 Å². The summed E-state index contributed by atoms with van der Waals surface area (Å²) in [6.45, 7) is 0.786. The molecule has 6 nitrogen and oxygen atoms in total. The van der Waals surface area contributed by atoms with Gasteiger partial charge in [-0.1, -0.05) is 12.1 Å². The summed E-state index contributed by atoms with van der Waals surface area (Å²) in [5.41, 5.74) is 2.99. The highest BCUT2D eigenvalue weighted by Crippen LogP contribution is 2.27. The molecule has 5 rings (SSSR count). The number of hydrogen-bond acceptors (Lipinski definition) is 5. The normalized spacial score (nSPS) is 18.8. The number of nitrogens with one attached hydrogen (secondary N) is 3. The van der Waals surface area contributed by atoms with E-state index in [1.54, 1.807) is 6.07 Å². The number of hydrogen-bond donors (Lipinski definition) is 3. The number of para-hydroxylation sites is 1. The molecule has 0 amide bonds. The van der Waals surface area contributed by atoms with Gasteiger partial charge in [-0.2, -0.15) is 4.98 Å². The van der Waals surface area contributed by atoms with Gasteiger partial charge >= 0.3 is 0 Å². The third-order valence-electron chi connectivity index (χ3n) is 6.38. The Labute approximate surface area is 187 Å². The summed E-state index contributed by atoms with van der Waals surface area (Å²) in [6.07, 6.45) is 6.32. The number of anilines is 2. The van der Waals surface area contributed by atoms with Gasteiger partial charge in [0.15, 0.2) is 0 Å². The van der Waals surface area contributed by atoms with Crippen LogP contribution < -0.4 is 15.5 Å². The molecule has 3 N–H and O–H groups in total. The van der Waals surface area contributed by atoms with Gasteiger partial charge in [0.25, 0.3) is 0 Å². The Hall–Kier alpha value is -3.19. The summed E-state index contributed by atoms with van der Waals surface area (Å²) in [5.74, 6) is 1.43. The lowest BCUT2D eigenvalue weighted by atomic mass is 9.91. The van der Waals surface area contributed by atoms with Crippen LogP contribution >= 0.6 is 0 Å². The highest BCUT2D eigenvalue weighted by molar-refractivity contribution is 5.90. The lowest BCUT2D eigenvalue weighted by Gasteiger charge is -2.30. The molecular formula is C25H29FN6. The zero-order valence-electron chi connectivity index (χ0n) is 18.5. The third-order valence-corrected chi connectivity index (χ3v) is 6.38. The minimum Gasteiger partial charge on any atom is -0.362 e. The van der Waals surface area contributed by atoms with Crippen molar-refractivity contribution in [2.45, 2.75) is 44.3 Å². The third kappa shape index (κ3) is 4.25.